The molecule has 0 radical (unpaired) electrons. The Bertz CT molecular complexity index is 671. The van der Waals surface area contributed by atoms with Crippen LogP contribution in [0, 0.1) is 0 Å². The second-order valence-electron chi connectivity index (χ2n) is 5.82. The molecule has 0 aliphatic carbocycles. The molecule has 0 aromatic heterocycles. The Labute approximate surface area is 141 Å². The van der Waals surface area contributed by atoms with Crippen molar-refractivity contribution in [3.05, 3.63) is 83.9 Å². The zero-order valence-corrected chi connectivity index (χ0v) is 13.6. The molecule has 124 valence electrons. The molecule has 0 aliphatic heterocycles. The first-order chi connectivity index (χ1) is 11.5. The van der Waals surface area contributed by atoms with Gasteiger partial charge in [0.05, 0.1) is 5.92 Å². The van der Waals surface area contributed by atoms with Gasteiger partial charge in [-0.1, -0.05) is 66.2 Å². The van der Waals surface area contributed by atoms with E-state index < -0.39 is 17.9 Å². The van der Waals surface area contributed by atoms with Crippen LogP contribution in [0.15, 0.2) is 72.8 Å². The van der Waals surface area contributed by atoms with E-state index in [1.54, 1.807) is 6.92 Å². The van der Waals surface area contributed by atoms with Crippen LogP contribution in [-0.4, -0.2) is 23.0 Å². The van der Waals surface area contributed by atoms with E-state index >= 15 is 0 Å². The summed E-state index contributed by atoms with van der Waals surface area (Å²) < 4.78 is 0. The summed E-state index contributed by atoms with van der Waals surface area (Å²) in [6.45, 7) is 5.48. The molecule has 0 fully saturated rings. The monoisotopic (exact) mass is 323 g/mol. The van der Waals surface area contributed by atoms with Gasteiger partial charge in [-0.15, -0.1) is 6.58 Å². The first-order valence-electron chi connectivity index (χ1n) is 7.76. The van der Waals surface area contributed by atoms with Gasteiger partial charge < -0.3 is 10.4 Å². The van der Waals surface area contributed by atoms with Crippen LogP contribution in [0.2, 0.25) is 0 Å². The molecular weight excluding hydrogens is 302 g/mol. The molecule has 2 aromatic carbocycles. The Kier molecular flexibility index (Phi) is 5.90. The van der Waals surface area contributed by atoms with Gasteiger partial charge in [-0.3, -0.25) is 4.79 Å². The van der Waals surface area contributed by atoms with Crippen LogP contribution in [0.3, 0.4) is 0 Å². The molecule has 4 nitrogen and oxygen atoms in total. The highest BCUT2D eigenvalue weighted by atomic mass is 16.4. The van der Waals surface area contributed by atoms with Crippen LogP contribution in [0.5, 0.6) is 0 Å². The molecule has 0 saturated carbocycles. The van der Waals surface area contributed by atoms with E-state index in [4.69, 9.17) is 0 Å². The fourth-order valence-corrected chi connectivity index (χ4v) is 2.59. The summed E-state index contributed by atoms with van der Waals surface area (Å²) in [6, 6.07) is 17.7. The Morgan fingerprint density at radius 1 is 1.00 bits per heavy atom. The first kappa shape index (κ1) is 17.5. The molecule has 0 unspecified atom stereocenters. The number of carbonyl (C=O) groups is 2. The number of hydrogen-bond acceptors (Lipinski definition) is 2. The van der Waals surface area contributed by atoms with E-state index in [0.29, 0.717) is 5.57 Å². The quantitative estimate of drug-likeness (QED) is 0.768. The zero-order chi connectivity index (χ0) is 17.5. The number of carboxylic acid groups (broad SMARTS) is 1. The van der Waals surface area contributed by atoms with Crippen molar-refractivity contribution in [1.29, 1.82) is 0 Å². The predicted octanol–water partition coefficient (Wildman–Crippen LogP) is 3.35. The molecule has 24 heavy (non-hydrogen) atoms. The minimum atomic E-state index is -1.06. The van der Waals surface area contributed by atoms with Crippen LogP contribution >= 0.6 is 0 Å². The lowest BCUT2D eigenvalue weighted by molar-refractivity contribution is -0.141. The van der Waals surface area contributed by atoms with Crippen molar-refractivity contribution in [2.75, 3.05) is 0 Å². The van der Waals surface area contributed by atoms with E-state index in [0.717, 1.165) is 11.1 Å². The highest BCUT2D eigenvalue weighted by Gasteiger charge is 2.27. The Balaban J connectivity index is 2.32. The number of rotatable bonds is 7. The van der Waals surface area contributed by atoms with Crippen LogP contribution < -0.4 is 5.32 Å². The largest absolute Gasteiger partial charge is 0.480 e. The van der Waals surface area contributed by atoms with E-state index in [2.05, 4.69) is 11.9 Å². The maximum Gasteiger partial charge on any atom is 0.326 e. The second-order valence-corrected chi connectivity index (χ2v) is 5.82. The minimum absolute atomic E-state index is 0.206. The van der Waals surface area contributed by atoms with Gasteiger partial charge in [-0.25, -0.2) is 4.79 Å². The summed E-state index contributed by atoms with van der Waals surface area (Å²) in [5, 5.41) is 12.0. The predicted molar refractivity (Wildman–Crippen MR) is 93.7 cm³/mol. The Hall–Kier alpha value is -2.88. The summed E-state index contributed by atoms with van der Waals surface area (Å²) in [6.07, 6.45) is 0.206. The smallest absolute Gasteiger partial charge is 0.326 e. The van der Waals surface area contributed by atoms with Crippen molar-refractivity contribution in [1.82, 2.24) is 5.32 Å². The van der Waals surface area contributed by atoms with Gasteiger partial charge in [0.1, 0.15) is 6.04 Å². The molecule has 2 rings (SSSR count). The standard InChI is InChI=1S/C20H21NO3/c1-14(2)13-17(20(23)24)21-19(22)18(15-9-5-3-6-10-15)16-11-7-4-8-12-16/h3-12,17-18H,1,13H2,2H3,(H,21,22)(H,23,24)/t17-/m1/s1. The lowest BCUT2D eigenvalue weighted by Crippen LogP contribution is -2.43. The van der Waals surface area contributed by atoms with Gasteiger partial charge in [-0.2, -0.15) is 0 Å². The van der Waals surface area contributed by atoms with E-state index in [-0.39, 0.29) is 12.3 Å². The third kappa shape index (κ3) is 4.56. The van der Waals surface area contributed by atoms with Gasteiger partial charge >= 0.3 is 5.97 Å². The molecular formula is C20H21NO3. The topological polar surface area (TPSA) is 66.4 Å². The number of benzene rings is 2. The number of nitrogens with one attached hydrogen (secondary N) is 1. The Morgan fingerprint density at radius 2 is 1.46 bits per heavy atom. The van der Waals surface area contributed by atoms with Crippen molar-refractivity contribution in [2.24, 2.45) is 0 Å². The van der Waals surface area contributed by atoms with E-state index in [1.807, 2.05) is 60.7 Å². The molecule has 0 heterocycles. The second kappa shape index (κ2) is 8.11. The van der Waals surface area contributed by atoms with E-state index in [9.17, 15) is 14.7 Å². The summed E-state index contributed by atoms with van der Waals surface area (Å²) >= 11 is 0. The first-order valence-corrected chi connectivity index (χ1v) is 7.76. The third-order valence-corrected chi connectivity index (χ3v) is 3.70. The highest BCUT2D eigenvalue weighted by molar-refractivity contribution is 5.90. The lowest BCUT2D eigenvalue weighted by Gasteiger charge is -2.21. The molecule has 2 aromatic rings. The van der Waals surface area contributed by atoms with Gasteiger partial charge in [-0.05, 0) is 24.5 Å². The third-order valence-electron chi connectivity index (χ3n) is 3.70. The average Bonchev–Trinajstić information content (AvgIpc) is 2.56. The zero-order valence-electron chi connectivity index (χ0n) is 13.6. The van der Waals surface area contributed by atoms with E-state index in [1.165, 1.54) is 0 Å². The number of hydrogen-bond donors (Lipinski definition) is 2. The Morgan fingerprint density at radius 3 is 1.83 bits per heavy atom. The number of carboxylic acids is 1. The van der Waals surface area contributed by atoms with Crippen molar-refractivity contribution >= 4 is 11.9 Å². The molecule has 0 bridgehead atoms. The van der Waals surface area contributed by atoms with Crippen molar-refractivity contribution < 1.29 is 14.7 Å². The molecule has 1 atom stereocenters. The summed E-state index contributed by atoms with van der Waals surface area (Å²) in [4.78, 5) is 24.2. The van der Waals surface area contributed by atoms with Crippen LogP contribution in [0.4, 0.5) is 0 Å². The fourth-order valence-electron chi connectivity index (χ4n) is 2.59. The fraction of sp³-hybridized carbons (Fsp3) is 0.200. The number of aliphatic carboxylic acids is 1. The summed E-state index contributed by atoms with van der Waals surface area (Å²) in [5.74, 6) is -1.95. The molecule has 0 aliphatic rings. The molecule has 0 spiro atoms. The SMILES string of the molecule is C=C(C)C[C@@H](NC(=O)C(c1ccccc1)c1ccccc1)C(=O)O. The molecule has 1 amide bonds. The molecule has 2 N–H and O–H groups in total. The number of carbonyl (C=O) groups excluding carboxylic acids is 1. The normalized spacial score (nSPS) is 11.8. The number of amides is 1. The van der Waals surface area contributed by atoms with Crippen molar-refractivity contribution in [2.45, 2.75) is 25.3 Å². The van der Waals surface area contributed by atoms with Crippen molar-refractivity contribution in [3.8, 4) is 0 Å². The van der Waals surface area contributed by atoms with Gasteiger partial charge in [0, 0.05) is 0 Å². The maximum absolute atomic E-state index is 12.8. The highest BCUT2D eigenvalue weighted by Crippen LogP contribution is 2.25. The maximum atomic E-state index is 12.8. The summed E-state index contributed by atoms with van der Waals surface area (Å²) in [5.41, 5.74) is 2.35. The van der Waals surface area contributed by atoms with Crippen molar-refractivity contribution in [3.63, 3.8) is 0 Å². The lowest BCUT2D eigenvalue weighted by atomic mass is 9.90. The van der Waals surface area contributed by atoms with Crippen LogP contribution in [0.25, 0.3) is 0 Å². The van der Waals surface area contributed by atoms with Gasteiger partial charge in [0.15, 0.2) is 0 Å². The van der Waals surface area contributed by atoms with Crippen LogP contribution in [-0.2, 0) is 9.59 Å². The van der Waals surface area contributed by atoms with Gasteiger partial charge in [0.25, 0.3) is 0 Å². The average molecular weight is 323 g/mol. The molecule has 4 heteroatoms. The minimum Gasteiger partial charge on any atom is -0.480 e. The van der Waals surface area contributed by atoms with Gasteiger partial charge in [0.2, 0.25) is 5.91 Å². The summed E-state index contributed by atoms with van der Waals surface area (Å²) in [7, 11) is 0. The molecule has 0 saturated heterocycles. The van der Waals surface area contributed by atoms with Crippen LogP contribution in [0.1, 0.15) is 30.4 Å².